The Hall–Kier alpha value is -6.38. The molecule has 2 heteroatoms. The second-order valence-electron chi connectivity index (χ2n) is 12.3. The van der Waals surface area contributed by atoms with Crippen molar-refractivity contribution in [2.24, 2.45) is 0 Å². The van der Waals surface area contributed by atoms with Gasteiger partial charge in [0.15, 0.2) is 0 Å². The van der Waals surface area contributed by atoms with Crippen LogP contribution in [0.4, 0.5) is 17.1 Å². The van der Waals surface area contributed by atoms with Gasteiger partial charge in [0, 0.05) is 34.3 Å². The van der Waals surface area contributed by atoms with Gasteiger partial charge in [-0.15, -0.1) is 0 Å². The molecule has 0 saturated heterocycles. The summed E-state index contributed by atoms with van der Waals surface area (Å²) in [7, 11) is 0. The zero-order valence-electron chi connectivity index (χ0n) is 26.4. The number of para-hydroxylation sites is 1. The van der Waals surface area contributed by atoms with E-state index >= 15 is 0 Å². The Morgan fingerprint density at radius 3 is 1.77 bits per heavy atom. The summed E-state index contributed by atoms with van der Waals surface area (Å²) in [6.07, 6.45) is 2.15. The van der Waals surface area contributed by atoms with E-state index in [1.807, 2.05) is 0 Å². The van der Waals surface area contributed by atoms with E-state index in [4.69, 9.17) is 0 Å². The number of rotatable bonds is 6. The van der Waals surface area contributed by atoms with Gasteiger partial charge in [0.25, 0.3) is 0 Å². The fraction of sp³-hybridized carbons (Fsp3) is 0. The van der Waals surface area contributed by atoms with Crippen molar-refractivity contribution in [3.8, 4) is 27.9 Å². The largest absolute Gasteiger partial charge is 0.317 e. The first kappa shape index (κ1) is 27.9. The predicted octanol–water partition coefficient (Wildman–Crippen LogP) is 12.7. The third-order valence-electron chi connectivity index (χ3n) is 9.40. The van der Waals surface area contributed by atoms with Crippen LogP contribution < -0.4 is 4.90 Å². The number of hydrogen-bond acceptors (Lipinski definition) is 1. The zero-order valence-corrected chi connectivity index (χ0v) is 26.4. The first-order valence-corrected chi connectivity index (χ1v) is 16.4. The minimum atomic E-state index is 1.11. The van der Waals surface area contributed by atoms with Crippen molar-refractivity contribution in [3.63, 3.8) is 0 Å². The molecule has 0 unspecified atom stereocenters. The van der Waals surface area contributed by atoms with Gasteiger partial charge in [-0.2, -0.15) is 0 Å². The number of benzene rings is 8. The molecule has 1 heterocycles. The van der Waals surface area contributed by atoms with Gasteiger partial charge in [0.1, 0.15) is 0 Å². The van der Waals surface area contributed by atoms with Crippen LogP contribution in [0.3, 0.4) is 0 Å². The standard InChI is InChI=1S/C46H32N2/c1-2-13-40(14-3-1)47-30-29-39-31-38(22-28-46(39)47)34-17-23-41(24-18-34)48(43-27-19-33-9-4-5-11-37(33)32-43)42-25-20-36(21-26-42)45-16-8-12-35-10-6-7-15-44(35)45/h1-32H. The van der Waals surface area contributed by atoms with Gasteiger partial charge in [-0.3, -0.25) is 0 Å². The Morgan fingerprint density at radius 2 is 0.979 bits per heavy atom. The highest BCUT2D eigenvalue weighted by Gasteiger charge is 2.15. The monoisotopic (exact) mass is 612 g/mol. The maximum atomic E-state index is 2.35. The van der Waals surface area contributed by atoms with Crippen LogP contribution >= 0.6 is 0 Å². The van der Waals surface area contributed by atoms with E-state index in [9.17, 15) is 0 Å². The third-order valence-corrected chi connectivity index (χ3v) is 9.40. The fourth-order valence-electron chi connectivity index (χ4n) is 6.97. The van der Waals surface area contributed by atoms with E-state index in [1.54, 1.807) is 0 Å². The summed E-state index contributed by atoms with van der Waals surface area (Å²) in [6, 6.07) is 67.8. The van der Waals surface area contributed by atoms with Crippen LogP contribution in [0.15, 0.2) is 194 Å². The van der Waals surface area contributed by atoms with Crippen molar-refractivity contribution in [1.29, 1.82) is 0 Å². The molecule has 0 aliphatic rings. The lowest BCUT2D eigenvalue weighted by Crippen LogP contribution is -2.09. The summed E-state index contributed by atoms with van der Waals surface area (Å²) in [5.41, 5.74) is 10.6. The fourth-order valence-corrected chi connectivity index (χ4v) is 6.97. The summed E-state index contributed by atoms with van der Waals surface area (Å²) in [6.45, 7) is 0. The molecule has 0 spiro atoms. The van der Waals surface area contributed by atoms with E-state index in [-0.39, 0.29) is 0 Å². The number of anilines is 3. The Labute approximate surface area is 280 Å². The van der Waals surface area contributed by atoms with Crippen molar-refractivity contribution in [2.75, 3.05) is 4.90 Å². The molecule has 0 N–H and O–H groups in total. The Balaban J connectivity index is 1.09. The van der Waals surface area contributed by atoms with Crippen molar-refractivity contribution < 1.29 is 0 Å². The summed E-state index contributed by atoms with van der Waals surface area (Å²) < 4.78 is 2.25. The Bertz CT molecular complexity index is 2540. The van der Waals surface area contributed by atoms with Crippen LogP contribution in [0.1, 0.15) is 0 Å². The second-order valence-corrected chi connectivity index (χ2v) is 12.3. The van der Waals surface area contributed by atoms with Crippen LogP contribution in [0.25, 0.3) is 60.4 Å². The normalized spacial score (nSPS) is 11.3. The molecule has 8 aromatic carbocycles. The Kier molecular flexibility index (Phi) is 6.84. The van der Waals surface area contributed by atoms with Gasteiger partial charge >= 0.3 is 0 Å². The number of nitrogens with zero attached hydrogens (tertiary/aromatic N) is 2. The highest BCUT2D eigenvalue weighted by atomic mass is 15.1. The zero-order chi connectivity index (χ0) is 31.9. The van der Waals surface area contributed by atoms with Gasteiger partial charge < -0.3 is 9.47 Å². The Morgan fingerprint density at radius 1 is 0.354 bits per heavy atom. The summed E-state index contributed by atoms with van der Waals surface area (Å²) >= 11 is 0. The lowest BCUT2D eigenvalue weighted by atomic mass is 9.98. The molecule has 1 aromatic heterocycles. The molecule has 0 aliphatic carbocycles. The third kappa shape index (κ3) is 5.01. The smallest absolute Gasteiger partial charge is 0.0528 e. The number of hydrogen-bond donors (Lipinski definition) is 0. The lowest BCUT2D eigenvalue weighted by Gasteiger charge is -2.26. The minimum Gasteiger partial charge on any atom is -0.317 e. The van der Waals surface area contributed by atoms with Crippen molar-refractivity contribution in [3.05, 3.63) is 194 Å². The average Bonchev–Trinajstić information content (AvgIpc) is 3.59. The maximum Gasteiger partial charge on any atom is 0.0528 e. The van der Waals surface area contributed by atoms with E-state index in [0.29, 0.717) is 0 Å². The average molecular weight is 613 g/mol. The molecule has 226 valence electrons. The quantitative estimate of drug-likeness (QED) is 0.181. The van der Waals surface area contributed by atoms with Crippen LogP contribution in [-0.4, -0.2) is 4.57 Å². The topological polar surface area (TPSA) is 8.17 Å². The molecule has 0 aliphatic heterocycles. The molecule has 2 nitrogen and oxygen atoms in total. The number of aromatic nitrogens is 1. The first-order chi connectivity index (χ1) is 23.8. The van der Waals surface area contributed by atoms with Crippen LogP contribution in [-0.2, 0) is 0 Å². The molecular weight excluding hydrogens is 581 g/mol. The lowest BCUT2D eigenvalue weighted by molar-refractivity contribution is 1.13. The number of fused-ring (bicyclic) bond motifs is 3. The highest BCUT2D eigenvalue weighted by Crippen LogP contribution is 2.39. The van der Waals surface area contributed by atoms with E-state index in [0.717, 1.165) is 17.1 Å². The van der Waals surface area contributed by atoms with Crippen molar-refractivity contribution in [1.82, 2.24) is 4.57 Å². The van der Waals surface area contributed by atoms with Gasteiger partial charge in [-0.1, -0.05) is 121 Å². The van der Waals surface area contributed by atoms with Crippen molar-refractivity contribution in [2.45, 2.75) is 0 Å². The molecule has 0 fully saturated rings. The van der Waals surface area contributed by atoms with Gasteiger partial charge in [-0.05, 0) is 111 Å². The molecule has 0 bridgehead atoms. The molecular formula is C46H32N2. The maximum absolute atomic E-state index is 2.35. The molecule has 0 atom stereocenters. The molecule has 9 aromatic rings. The SMILES string of the molecule is c1ccc(-n2ccc3cc(-c4ccc(N(c5ccc(-c6cccc7ccccc67)cc5)c5ccc6ccccc6c5)cc4)ccc32)cc1. The minimum absolute atomic E-state index is 1.11. The summed E-state index contributed by atoms with van der Waals surface area (Å²) in [4.78, 5) is 2.35. The van der Waals surface area contributed by atoms with Gasteiger partial charge in [0.2, 0.25) is 0 Å². The van der Waals surface area contributed by atoms with Crippen LogP contribution in [0, 0.1) is 0 Å². The molecule has 0 amide bonds. The van der Waals surface area contributed by atoms with E-state index in [2.05, 4.69) is 204 Å². The van der Waals surface area contributed by atoms with Gasteiger partial charge in [0.05, 0.1) is 5.52 Å². The second kappa shape index (κ2) is 11.8. The molecule has 0 saturated carbocycles. The molecule has 48 heavy (non-hydrogen) atoms. The summed E-state index contributed by atoms with van der Waals surface area (Å²) in [5, 5.41) is 6.21. The predicted molar refractivity (Wildman–Crippen MR) is 204 cm³/mol. The van der Waals surface area contributed by atoms with Crippen LogP contribution in [0.2, 0.25) is 0 Å². The first-order valence-electron chi connectivity index (χ1n) is 16.4. The van der Waals surface area contributed by atoms with Crippen LogP contribution in [0.5, 0.6) is 0 Å². The highest BCUT2D eigenvalue weighted by molar-refractivity contribution is 5.97. The van der Waals surface area contributed by atoms with E-state index in [1.165, 1.54) is 60.4 Å². The van der Waals surface area contributed by atoms with Gasteiger partial charge in [-0.25, -0.2) is 0 Å². The van der Waals surface area contributed by atoms with E-state index < -0.39 is 0 Å². The van der Waals surface area contributed by atoms with Crippen molar-refractivity contribution >= 4 is 49.5 Å². The summed E-state index contributed by atoms with van der Waals surface area (Å²) in [5.74, 6) is 0. The molecule has 9 rings (SSSR count). The molecule has 0 radical (unpaired) electrons.